The summed E-state index contributed by atoms with van der Waals surface area (Å²) in [7, 11) is 1.89. The molecule has 1 aliphatic rings. The fraction of sp³-hybridized carbons (Fsp3) is 0.222. The highest BCUT2D eigenvalue weighted by Crippen LogP contribution is 2.42. The van der Waals surface area contributed by atoms with Crippen molar-refractivity contribution in [1.29, 1.82) is 0 Å². The van der Waals surface area contributed by atoms with Gasteiger partial charge in [0.25, 0.3) is 0 Å². The van der Waals surface area contributed by atoms with Crippen molar-refractivity contribution in [2.45, 2.75) is 18.8 Å². The van der Waals surface area contributed by atoms with Crippen LogP contribution in [0.15, 0.2) is 36.7 Å². The van der Waals surface area contributed by atoms with Crippen molar-refractivity contribution in [2.24, 2.45) is 7.05 Å². The fourth-order valence-electron chi connectivity index (χ4n) is 2.83. The monoisotopic (exact) mass is 335 g/mol. The Morgan fingerprint density at radius 2 is 2.04 bits per heavy atom. The number of benzene rings is 1. The molecule has 0 N–H and O–H groups in total. The van der Waals surface area contributed by atoms with Crippen molar-refractivity contribution in [2.75, 3.05) is 0 Å². The normalized spacial score (nSPS) is 13.7. The summed E-state index contributed by atoms with van der Waals surface area (Å²) in [5.41, 5.74) is 4.44. The average Bonchev–Trinajstić information content (AvgIpc) is 3.35. The third-order valence-electron chi connectivity index (χ3n) is 4.21. The van der Waals surface area contributed by atoms with E-state index in [1.54, 1.807) is 6.33 Å². The molecule has 3 aromatic rings. The first kappa shape index (κ1) is 14.9. The summed E-state index contributed by atoms with van der Waals surface area (Å²) in [5, 5.41) is 8.65. The quantitative estimate of drug-likeness (QED) is 0.518. The van der Waals surface area contributed by atoms with E-state index in [1.165, 1.54) is 12.8 Å². The second-order valence-electron chi connectivity index (χ2n) is 5.98. The van der Waals surface area contributed by atoms with Crippen LogP contribution in [0.3, 0.4) is 0 Å². The van der Waals surface area contributed by atoms with Gasteiger partial charge in [0, 0.05) is 24.2 Å². The van der Waals surface area contributed by atoms with Crippen molar-refractivity contribution in [3.63, 3.8) is 0 Å². The lowest BCUT2D eigenvalue weighted by Gasteiger charge is -2.12. The van der Waals surface area contributed by atoms with Crippen LogP contribution in [0.1, 0.15) is 24.5 Å². The van der Waals surface area contributed by atoms with E-state index in [0.29, 0.717) is 16.8 Å². The molecular weight excluding hydrogens is 322 g/mol. The molecule has 1 aliphatic carbocycles. The molecule has 1 fully saturated rings. The standard InChI is InChI=1S/C18H14ClN5/c1-20-13-5-6-14(15(9-13)18-23-21-10-24(18)2)12-7-16(11-3-4-11)22-17(19)8-12/h5-11H,3-4H2,2H3. The maximum Gasteiger partial charge on any atom is 0.188 e. The summed E-state index contributed by atoms with van der Waals surface area (Å²) in [6.45, 7) is 7.28. The van der Waals surface area contributed by atoms with Crippen LogP contribution in [0.25, 0.3) is 27.4 Å². The van der Waals surface area contributed by atoms with Gasteiger partial charge in [-0.1, -0.05) is 23.7 Å². The van der Waals surface area contributed by atoms with Gasteiger partial charge >= 0.3 is 0 Å². The molecule has 0 spiro atoms. The highest BCUT2D eigenvalue weighted by Gasteiger charge is 2.26. The van der Waals surface area contributed by atoms with Gasteiger partial charge in [0.15, 0.2) is 11.5 Å². The zero-order chi connectivity index (χ0) is 16.7. The molecule has 118 valence electrons. The highest BCUT2D eigenvalue weighted by atomic mass is 35.5. The van der Waals surface area contributed by atoms with Gasteiger partial charge < -0.3 is 4.57 Å². The summed E-state index contributed by atoms with van der Waals surface area (Å²) in [6.07, 6.45) is 3.98. The van der Waals surface area contributed by atoms with E-state index in [0.717, 1.165) is 28.2 Å². The lowest BCUT2D eigenvalue weighted by Crippen LogP contribution is -1.95. The molecule has 0 atom stereocenters. The molecule has 0 radical (unpaired) electrons. The van der Waals surface area contributed by atoms with Gasteiger partial charge in [0.1, 0.15) is 11.5 Å². The van der Waals surface area contributed by atoms with E-state index in [4.69, 9.17) is 18.2 Å². The number of aromatic nitrogens is 4. The van der Waals surface area contributed by atoms with Crippen LogP contribution in [0.4, 0.5) is 5.69 Å². The highest BCUT2D eigenvalue weighted by molar-refractivity contribution is 6.29. The molecule has 24 heavy (non-hydrogen) atoms. The molecule has 5 nitrogen and oxygen atoms in total. The molecule has 0 saturated heterocycles. The van der Waals surface area contributed by atoms with Crippen LogP contribution in [0, 0.1) is 6.57 Å². The Balaban J connectivity index is 1.92. The predicted octanol–water partition coefficient (Wildman–Crippen LogP) is 4.63. The van der Waals surface area contributed by atoms with Gasteiger partial charge in [0.05, 0.1) is 6.57 Å². The van der Waals surface area contributed by atoms with Crippen molar-refractivity contribution in [1.82, 2.24) is 19.7 Å². The smallest absolute Gasteiger partial charge is 0.188 e. The second kappa shape index (κ2) is 5.73. The Hall–Kier alpha value is -2.71. The number of hydrogen-bond acceptors (Lipinski definition) is 3. The molecule has 6 heteroatoms. The van der Waals surface area contributed by atoms with Crippen molar-refractivity contribution < 1.29 is 0 Å². The van der Waals surface area contributed by atoms with Crippen LogP contribution < -0.4 is 0 Å². The minimum Gasteiger partial charge on any atom is -0.317 e. The number of aryl methyl sites for hydroxylation is 1. The number of halogens is 1. The molecule has 0 bridgehead atoms. The van der Waals surface area contributed by atoms with E-state index >= 15 is 0 Å². The minimum atomic E-state index is 0.493. The summed E-state index contributed by atoms with van der Waals surface area (Å²) >= 11 is 6.25. The molecule has 1 saturated carbocycles. The van der Waals surface area contributed by atoms with Crippen LogP contribution >= 0.6 is 11.6 Å². The Labute approximate surface area is 144 Å². The second-order valence-corrected chi connectivity index (χ2v) is 6.37. The molecule has 0 amide bonds. The van der Waals surface area contributed by atoms with Crippen LogP contribution in [0.2, 0.25) is 5.15 Å². The maximum absolute atomic E-state index is 7.28. The van der Waals surface area contributed by atoms with Crippen LogP contribution in [-0.2, 0) is 7.05 Å². The Morgan fingerprint density at radius 3 is 2.71 bits per heavy atom. The molecule has 2 aromatic heterocycles. The molecule has 0 unspecified atom stereocenters. The lowest BCUT2D eigenvalue weighted by atomic mass is 9.98. The van der Waals surface area contributed by atoms with E-state index in [1.807, 2.05) is 35.9 Å². The lowest BCUT2D eigenvalue weighted by molar-refractivity contribution is 0.920. The molecule has 4 rings (SSSR count). The average molecular weight is 336 g/mol. The minimum absolute atomic E-state index is 0.493. The zero-order valence-corrected chi connectivity index (χ0v) is 13.8. The Kier molecular flexibility index (Phi) is 3.55. The van der Waals surface area contributed by atoms with E-state index in [2.05, 4.69) is 26.1 Å². The molecular formula is C18H14ClN5. The van der Waals surface area contributed by atoms with Gasteiger partial charge in [0.2, 0.25) is 0 Å². The summed E-state index contributed by atoms with van der Waals surface area (Å²) in [6, 6.07) is 9.56. The first-order valence-corrected chi connectivity index (χ1v) is 8.07. The third-order valence-corrected chi connectivity index (χ3v) is 4.40. The van der Waals surface area contributed by atoms with E-state index in [9.17, 15) is 0 Å². The topological polar surface area (TPSA) is 48.0 Å². The van der Waals surface area contributed by atoms with Crippen LogP contribution in [0.5, 0.6) is 0 Å². The Bertz CT molecular complexity index is 966. The number of hydrogen-bond donors (Lipinski definition) is 0. The maximum atomic E-state index is 7.28. The predicted molar refractivity (Wildman–Crippen MR) is 92.9 cm³/mol. The summed E-state index contributed by atoms with van der Waals surface area (Å²) < 4.78 is 1.84. The molecule has 1 aromatic carbocycles. The molecule has 2 heterocycles. The van der Waals surface area contributed by atoms with Gasteiger partial charge in [-0.15, -0.1) is 10.2 Å². The Morgan fingerprint density at radius 1 is 1.21 bits per heavy atom. The third kappa shape index (κ3) is 2.66. The van der Waals surface area contributed by atoms with Crippen molar-refractivity contribution in [3.8, 4) is 22.5 Å². The van der Waals surface area contributed by atoms with Crippen molar-refractivity contribution >= 4 is 17.3 Å². The number of pyridine rings is 1. The number of rotatable bonds is 3. The van der Waals surface area contributed by atoms with E-state index < -0.39 is 0 Å². The van der Waals surface area contributed by atoms with Gasteiger partial charge in [-0.05, 0) is 42.2 Å². The van der Waals surface area contributed by atoms with E-state index in [-0.39, 0.29) is 0 Å². The number of nitrogens with zero attached hydrogens (tertiary/aromatic N) is 5. The van der Waals surface area contributed by atoms with Gasteiger partial charge in [-0.2, -0.15) is 0 Å². The van der Waals surface area contributed by atoms with Gasteiger partial charge in [-0.3, -0.25) is 0 Å². The fourth-order valence-corrected chi connectivity index (χ4v) is 3.04. The first-order valence-electron chi connectivity index (χ1n) is 7.69. The van der Waals surface area contributed by atoms with Crippen molar-refractivity contribution in [3.05, 3.63) is 58.9 Å². The first-order chi connectivity index (χ1) is 11.7. The SMILES string of the molecule is [C-]#[N+]c1ccc(-c2cc(Cl)nc(C3CC3)c2)c(-c2nncn2C)c1. The largest absolute Gasteiger partial charge is 0.317 e. The summed E-state index contributed by atoms with van der Waals surface area (Å²) in [5.74, 6) is 1.24. The summed E-state index contributed by atoms with van der Waals surface area (Å²) in [4.78, 5) is 7.98. The molecule has 0 aliphatic heterocycles. The van der Waals surface area contributed by atoms with Crippen LogP contribution in [-0.4, -0.2) is 19.7 Å². The zero-order valence-electron chi connectivity index (χ0n) is 13.1. The van der Waals surface area contributed by atoms with Gasteiger partial charge in [-0.25, -0.2) is 9.83 Å².